The van der Waals surface area contributed by atoms with E-state index in [4.69, 9.17) is 0 Å². The van der Waals surface area contributed by atoms with Crippen LogP contribution < -0.4 is 15.4 Å². The first-order valence-corrected chi connectivity index (χ1v) is 10.7. The van der Waals surface area contributed by atoms with Crippen molar-refractivity contribution in [3.8, 4) is 0 Å². The largest absolute Gasteiger partial charge is 0.356 e. The van der Waals surface area contributed by atoms with Gasteiger partial charge >= 0.3 is 0 Å². The molecular formula is C17H24FIN4O2S2. The van der Waals surface area contributed by atoms with E-state index in [1.54, 1.807) is 25.3 Å². The summed E-state index contributed by atoms with van der Waals surface area (Å²) in [6.07, 6.45) is 0.872. The van der Waals surface area contributed by atoms with Crippen LogP contribution in [0.2, 0.25) is 0 Å². The van der Waals surface area contributed by atoms with Gasteiger partial charge in [-0.3, -0.25) is 9.71 Å². The molecule has 150 valence electrons. The van der Waals surface area contributed by atoms with E-state index < -0.39 is 15.8 Å². The second kappa shape index (κ2) is 11.4. The summed E-state index contributed by atoms with van der Waals surface area (Å²) < 4.78 is 40.1. The summed E-state index contributed by atoms with van der Waals surface area (Å²) in [6, 6.07) is 8.31. The van der Waals surface area contributed by atoms with Crippen LogP contribution in [0.1, 0.15) is 10.4 Å². The van der Waals surface area contributed by atoms with Crippen molar-refractivity contribution in [2.45, 2.75) is 13.3 Å². The lowest BCUT2D eigenvalue weighted by Crippen LogP contribution is -2.40. The number of aryl methyl sites for hydroxylation is 1. The van der Waals surface area contributed by atoms with Gasteiger partial charge in [0, 0.05) is 25.0 Å². The number of sulfonamides is 1. The number of thiophene rings is 1. The summed E-state index contributed by atoms with van der Waals surface area (Å²) in [5.41, 5.74) is 0.679. The van der Waals surface area contributed by atoms with Crippen LogP contribution in [0.5, 0.6) is 0 Å². The van der Waals surface area contributed by atoms with Gasteiger partial charge in [0.1, 0.15) is 5.82 Å². The van der Waals surface area contributed by atoms with Crippen LogP contribution in [0.4, 0.5) is 10.1 Å². The first-order chi connectivity index (χ1) is 12.4. The van der Waals surface area contributed by atoms with Crippen molar-refractivity contribution in [2.24, 2.45) is 4.99 Å². The summed E-state index contributed by atoms with van der Waals surface area (Å²) in [5.74, 6) is -0.0643. The fraction of sp³-hybridized carbons (Fsp3) is 0.353. The summed E-state index contributed by atoms with van der Waals surface area (Å²) >= 11 is 1.69. The molecule has 0 amide bonds. The predicted molar refractivity (Wildman–Crippen MR) is 121 cm³/mol. The van der Waals surface area contributed by atoms with Gasteiger partial charge in [0.2, 0.25) is 10.0 Å². The molecule has 1 heterocycles. The standard InChI is InChI=1S/C17H23FN4O2S2.HI/c1-13-5-6-14(12-16(13)18)22-26(23,24)11-9-21-17(19-2)20-8-7-15-4-3-10-25-15;/h3-6,10,12,22H,7-9,11H2,1-2H3,(H2,19,20,21);1H. The van der Waals surface area contributed by atoms with Crippen molar-refractivity contribution in [2.75, 3.05) is 30.6 Å². The third-order valence-corrected chi connectivity index (χ3v) is 5.80. The van der Waals surface area contributed by atoms with Gasteiger partial charge in [-0.15, -0.1) is 35.3 Å². The van der Waals surface area contributed by atoms with E-state index in [9.17, 15) is 12.8 Å². The number of anilines is 1. The predicted octanol–water partition coefficient (Wildman–Crippen LogP) is 2.96. The molecule has 0 fully saturated rings. The molecule has 10 heteroatoms. The van der Waals surface area contributed by atoms with Crippen LogP contribution in [0.25, 0.3) is 0 Å². The first kappa shape index (κ1) is 23.6. The molecule has 6 nitrogen and oxygen atoms in total. The zero-order valence-electron chi connectivity index (χ0n) is 15.2. The van der Waals surface area contributed by atoms with E-state index in [0.717, 1.165) is 6.42 Å². The third-order valence-electron chi connectivity index (χ3n) is 3.58. The molecule has 0 saturated carbocycles. The Bertz CT molecular complexity index is 843. The summed E-state index contributed by atoms with van der Waals surface area (Å²) in [7, 11) is -1.96. The van der Waals surface area contributed by atoms with Crippen LogP contribution in [-0.2, 0) is 16.4 Å². The Kier molecular flexibility index (Phi) is 10.0. The summed E-state index contributed by atoms with van der Waals surface area (Å²) in [4.78, 5) is 5.33. The Morgan fingerprint density at radius 3 is 2.59 bits per heavy atom. The van der Waals surface area contributed by atoms with Gasteiger partial charge in [-0.1, -0.05) is 12.1 Å². The van der Waals surface area contributed by atoms with Crippen LogP contribution >= 0.6 is 35.3 Å². The SMILES string of the molecule is CN=C(NCCc1cccs1)NCCS(=O)(=O)Nc1ccc(C)c(F)c1.I. The molecule has 0 unspecified atom stereocenters. The maximum atomic E-state index is 13.5. The third kappa shape index (κ3) is 8.43. The zero-order chi connectivity index (χ0) is 19.0. The van der Waals surface area contributed by atoms with Gasteiger partial charge in [-0.25, -0.2) is 12.8 Å². The Morgan fingerprint density at radius 2 is 1.96 bits per heavy atom. The van der Waals surface area contributed by atoms with Crippen molar-refractivity contribution in [3.63, 3.8) is 0 Å². The number of rotatable bonds is 8. The van der Waals surface area contributed by atoms with E-state index in [2.05, 4.69) is 26.4 Å². The lowest BCUT2D eigenvalue weighted by molar-refractivity contribution is 0.599. The van der Waals surface area contributed by atoms with Crippen LogP contribution in [0.15, 0.2) is 40.7 Å². The molecule has 0 radical (unpaired) electrons. The van der Waals surface area contributed by atoms with E-state index in [1.165, 1.54) is 23.1 Å². The number of nitrogens with zero attached hydrogens (tertiary/aromatic N) is 1. The summed E-state index contributed by atoms with van der Waals surface area (Å²) in [6.45, 7) is 2.50. The summed E-state index contributed by atoms with van der Waals surface area (Å²) in [5, 5.41) is 8.13. The van der Waals surface area contributed by atoms with Gasteiger partial charge < -0.3 is 10.6 Å². The van der Waals surface area contributed by atoms with E-state index in [0.29, 0.717) is 18.1 Å². The molecule has 1 aromatic carbocycles. The molecule has 27 heavy (non-hydrogen) atoms. The Balaban J connectivity index is 0.00000364. The highest BCUT2D eigenvalue weighted by atomic mass is 127. The first-order valence-electron chi connectivity index (χ1n) is 8.13. The fourth-order valence-electron chi connectivity index (χ4n) is 2.17. The molecule has 1 aromatic heterocycles. The lowest BCUT2D eigenvalue weighted by atomic mass is 10.2. The maximum absolute atomic E-state index is 13.5. The van der Waals surface area contributed by atoms with Crippen molar-refractivity contribution < 1.29 is 12.8 Å². The van der Waals surface area contributed by atoms with Crippen LogP contribution in [-0.4, -0.2) is 40.3 Å². The minimum Gasteiger partial charge on any atom is -0.356 e. The number of guanidine groups is 1. The highest BCUT2D eigenvalue weighted by Gasteiger charge is 2.11. The smallest absolute Gasteiger partial charge is 0.234 e. The molecule has 0 spiro atoms. The van der Waals surface area contributed by atoms with Crippen molar-refractivity contribution in [1.29, 1.82) is 0 Å². The van der Waals surface area contributed by atoms with Crippen molar-refractivity contribution in [3.05, 3.63) is 52.0 Å². The lowest BCUT2D eigenvalue weighted by Gasteiger charge is -2.12. The van der Waals surface area contributed by atoms with E-state index >= 15 is 0 Å². The van der Waals surface area contributed by atoms with E-state index in [-0.39, 0.29) is 42.0 Å². The minimum absolute atomic E-state index is 0. The number of benzene rings is 1. The van der Waals surface area contributed by atoms with Crippen molar-refractivity contribution in [1.82, 2.24) is 10.6 Å². The van der Waals surface area contributed by atoms with Gasteiger partial charge in [0.25, 0.3) is 0 Å². The Hall–Kier alpha value is -1.40. The number of halogens is 2. The molecule has 2 aromatic rings. The topological polar surface area (TPSA) is 82.6 Å². The second-order valence-corrected chi connectivity index (χ2v) is 8.51. The van der Waals surface area contributed by atoms with Crippen molar-refractivity contribution >= 4 is 57.0 Å². The molecule has 0 aliphatic rings. The molecule has 0 aliphatic heterocycles. The highest BCUT2D eigenvalue weighted by molar-refractivity contribution is 14.0. The normalized spacial score (nSPS) is 11.6. The zero-order valence-corrected chi connectivity index (χ0v) is 19.1. The quantitative estimate of drug-likeness (QED) is 0.281. The molecule has 0 bridgehead atoms. The van der Waals surface area contributed by atoms with Crippen LogP contribution in [0, 0.1) is 12.7 Å². The molecule has 0 saturated heterocycles. The average Bonchev–Trinajstić information content (AvgIpc) is 3.10. The second-order valence-electron chi connectivity index (χ2n) is 5.64. The Labute approximate surface area is 180 Å². The molecule has 0 aliphatic carbocycles. The molecule has 0 atom stereocenters. The molecule has 3 N–H and O–H groups in total. The number of hydrogen-bond donors (Lipinski definition) is 3. The van der Waals surface area contributed by atoms with Gasteiger partial charge in [0.05, 0.1) is 11.4 Å². The number of hydrogen-bond acceptors (Lipinski definition) is 4. The van der Waals surface area contributed by atoms with Crippen LogP contribution in [0.3, 0.4) is 0 Å². The molecular weight excluding hydrogens is 502 g/mol. The monoisotopic (exact) mass is 526 g/mol. The minimum atomic E-state index is -3.58. The average molecular weight is 526 g/mol. The highest BCUT2D eigenvalue weighted by Crippen LogP contribution is 2.14. The maximum Gasteiger partial charge on any atom is 0.234 e. The van der Waals surface area contributed by atoms with Gasteiger partial charge in [0.15, 0.2) is 5.96 Å². The van der Waals surface area contributed by atoms with Gasteiger partial charge in [-0.05, 0) is 42.5 Å². The molecule has 2 rings (SSSR count). The fourth-order valence-corrected chi connectivity index (χ4v) is 3.84. The van der Waals surface area contributed by atoms with Gasteiger partial charge in [-0.2, -0.15) is 0 Å². The van der Waals surface area contributed by atoms with E-state index in [1.807, 2.05) is 11.4 Å². The number of aliphatic imine (C=N–C) groups is 1. The Morgan fingerprint density at radius 1 is 1.22 bits per heavy atom. The number of nitrogens with one attached hydrogen (secondary N) is 3.